The number of hydrogen-bond acceptors (Lipinski definition) is 3. The van der Waals surface area contributed by atoms with Crippen LogP contribution < -0.4 is 0 Å². The van der Waals surface area contributed by atoms with Gasteiger partial charge in [-0.3, -0.25) is 4.68 Å². The number of aliphatic hydroxyl groups excluding tert-OH is 1. The monoisotopic (exact) mass is 440 g/mol. The van der Waals surface area contributed by atoms with Crippen LogP contribution in [0.3, 0.4) is 0 Å². The Bertz CT molecular complexity index is 552. The molecule has 0 bridgehead atoms. The SMILES string of the molecule is CCn1nc(C)c(Br)c1CC(O)c1csc(I)c1. The standard InChI is InChI=1S/C12H14BrIN2OS/c1-3-16-9(12(13)7(2)15-16)5-10(17)8-4-11(14)18-6-8/h4,6,10,17H,3,5H2,1-2H3. The molecule has 0 aliphatic rings. The number of nitrogens with zero attached hydrogens (tertiary/aromatic N) is 2. The van der Waals surface area contributed by atoms with Crippen LogP contribution in [0.1, 0.15) is 30.0 Å². The van der Waals surface area contributed by atoms with Crippen LogP contribution in [0.5, 0.6) is 0 Å². The molecule has 1 N–H and O–H groups in total. The number of aryl methyl sites for hydroxylation is 2. The number of halogens is 2. The fraction of sp³-hybridized carbons (Fsp3) is 0.417. The predicted molar refractivity (Wildman–Crippen MR) is 86.0 cm³/mol. The average Bonchev–Trinajstić information content (AvgIpc) is 2.88. The Kier molecular flexibility index (Phi) is 4.85. The minimum atomic E-state index is -0.470. The predicted octanol–water partition coefficient (Wildman–Crippen LogP) is 3.92. The van der Waals surface area contributed by atoms with E-state index in [4.69, 9.17) is 0 Å². The molecule has 18 heavy (non-hydrogen) atoms. The zero-order valence-electron chi connectivity index (χ0n) is 10.2. The Morgan fingerprint density at radius 3 is 2.89 bits per heavy atom. The highest BCUT2D eigenvalue weighted by atomic mass is 127. The first-order chi connectivity index (χ1) is 8.52. The second kappa shape index (κ2) is 6.02. The van der Waals surface area contributed by atoms with Crippen molar-refractivity contribution in [3.8, 4) is 0 Å². The third-order valence-corrected chi connectivity index (χ3v) is 5.65. The van der Waals surface area contributed by atoms with Crippen molar-refractivity contribution in [3.63, 3.8) is 0 Å². The van der Waals surface area contributed by atoms with E-state index in [9.17, 15) is 5.11 Å². The molecule has 2 aromatic rings. The summed E-state index contributed by atoms with van der Waals surface area (Å²) in [5.41, 5.74) is 3.01. The van der Waals surface area contributed by atoms with Crippen molar-refractivity contribution < 1.29 is 5.11 Å². The van der Waals surface area contributed by atoms with Crippen molar-refractivity contribution in [1.29, 1.82) is 0 Å². The fourth-order valence-electron chi connectivity index (χ4n) is 1.86. The largest absolute Gasteiger partial charge is 0.388 e. The lowest BCUT2D eigenvalue weighted by molar-refractivity contribution is 0.175. The van der Waals surface area contributed by atoms with Crippen LogP contribution in [0.4, 0.5) is 0 Å². The van der Waals surface area contributed by atoms with Gasteiger partial charge in [0.15, 0.2) is 0 Å². The van der Waals surface area contributed by atoms with Crippen molar-refractivity contribution in [2.24, 2.45) is 0 Å². The van der Waals surface area contributed by atoms with Gasteiger partial charge in [0.2, 0.25) is 0 Å². The first-order valence-electron chi connectivity index (χ1n) is 5.66. The third kappa shape index (κ3) is 2.97. The van der Waals surface area contributed by atoms with Gasteiger partial charge >= 0.3 is 0 Å². The molecule has 2 rings (SSSR count). The Balaban J connectivity index is 2.23. The summed E-state index contributed by atoms with van der Waals surface area (Å²) < 4.78 is 4.15. The van der Waals surface area contributed by atoms with Crippen molar-refractivity contribution in [2.75, 3.05) is 0 Å². The number of rotatable bonds is 4. The summed E-state index contributed by atoms with van der Waals surface area (Å²) in [6.07, 6.45) is 0.115. The van der Waals surface area contributed by atoms with Gasteiger partial charge in [-0.1, -0.05) is 0 Å². The highest BCUT2D eigenvalue weighted by Crippen LogP contribution is 2.29. The van der Waals surface area contributed by atoms with Crippen LogP contribution in [0.25, 0.3) is 0 Å². The third-order valence-electron chi connectivity index (χ3n) is 2.81. The van der Waals surface area contributed by atoms with E-state index < -0.39 is 6.10 Å². The van der Waals surface area contributed by atoms with E-state index in [0.29, 0.717) is 6.42 Å². The molecular weight excluding hydrogens is 427 g/mol. The van der Waals surface area contributed by atoms with Crippen LogP contribution in [0, 0.1) is 9.81 Å². The Morgan fingerprint density at radius 2 is 2.33 bits per heavy atom. The summed E-state index contributed by atoms with van der Waals surface area (Å²) in [4.78, 5) is 0. The number of hydrogen-bond donors (Lipinski definition) is 1. The van der Waals surface area contributed by atoms with Crippen molar-refractivity contribution in [3.05, 3.63) is 35.8 Å². The summed E-state index contributed by atoms with van der Waals surface area (Å²) in [5.74, 6) is 0. The van der Waals surface area contributed by atoms with Crippen LogP contribution in [0.15, 0.2) is 15.9 Å². The number of thiophene rings is 1. The maximum Gasteiger partial charge on any atom is 0.0854 e. The fourth-order valence-corrected chi connectivity index (χ4v) is 3.73. The van der Waals surface area contributed by atoms with Gasteiger partial charge in [0.1, 0.15) is 0 Å². The maximum absolute atomic E-state index is 10.3. The molecular formula is C12H14BrIN2OS. The van der Waals surface area contributed by atoms with Gasteiger partial charge in [0, 0.05) is 13.0 Å². The van der Waals surface area contributed by atoms with E-state index in [1.54, 1.807) is 11.3 Å². The van der Waals surface area contributed by atoms with Gasteiger partial charge in [-0.05, 0) is 69.4 Å². The molecule has 0 aromatic carbocycles. The zero-order valence-corrected chi connectivity index (χ0v) is 14.7. The number of aromatic nitrogens is 2. The summed E-state index contributed by atoms with van der Waals surface area (Å²) in [5, 5.41) is 16.7. The molecule has 0 aliphatic heterocycles. The minimum absolute atomic E-state index is 0.470. The van der Waals surface area contributed by atoms with E-state index in [-0.39, 0.29) is 0 Å². The molecule has 1 unspecified atom stereocenters. The Hall–Kier alpha value is 0.0800. The lowest BCUT2D eigenvalue weighted by Gasteiger charge is -2.10. The Labute approximate surface area is 132 Å². The molecule has 0 fully saturated rings. The number of aliphatic hydroxyl groups is 1. The normalized spacial score (nSPS) is 12.9. The molecule has 2 heterocycles. The van der Waals surface area contributed by atoms with E-state index >= 15 is 0 Å². The van der Waals surface area contributed by atoms with Gasteiger partial charge in [0.25, 0.3) is 0 Å². The van der Waals surface area contributed by atoms with E-state index in [0.717, 1.165) is 28.0 Å². The first-order valence-corrected chi connectivity index (χ1v) is 8.41. The molecule has 3 nitrogen and oxygen atoms in total. The average molecular weight is 441 g/mol. The van der Waals surface area contributed by atoms with Gasteiger partial charge in [-0.2, -0.15) is 5.10 Å². The van der Waals surface area contributed by atoms with Crippen LogP contribution in [0.2, 0.25) is 0 Å². The molecule has 0 amide bonds. The zero-order chi connectivity index (χ0) is 13.3. The van der Waals surface area contributed by atoms with Crippen molar-refractivity contribution >= 4 is 49.9 Å². The molecule has 2 aromatic heterocycles. The van der Waals surface area contributed by atoms with Crippen molar-refractivity contribution in [1.82, 2.24) is 9.78 Å². The second-order valence-electron chi connectivity index (χ2n) is 4.07. The topological polar surface area (TPSA) is 38.0 Å². The van der Waals surface area contributed by atoms with Gasteiger partial charge in [0.05, 0.1) is 24.8 Å². The molecule has 0 radical (unpaired) electrons. The first kappa shape index (κ1) is 14.5. The van der Waals surface area contributed by atoms with E-state index in [1.165, 1.54) is 2.88 Å². The summed E-state index contributed by atoms with van der Waals surface area (Å²) in [6.45, 7) is 4.84. The van der Waals surface area contributed by atoms with E-state index in [2.05, 4.69) is 50.5 Å². The lowest BCUT2D eigenvalue weighted by Crippen LogP contribution is -2.08. The van der Waals surface area contributed by atoms with Gasteiger partial charge in [-0.15, -0.1) is 11.3 Å². The molecule has 98 valence electrons. The summed E-state index contributed by atoms with van der Waals surface area (Å²) in [7, 11) is 0. The summed E-state index contributed by atoms with van der Waals surface area (Å²) in [6, 6.07) is 2.03. The quantitative estimate of drug-likeness (QED) is 0.731. The van der Waals surface area contributed by atoms with Crippen LogP contribution in [-0.2, 0) is 13.0 Å². The minimum Gasteiger partial charge on any atom is -0.388 e. The van der Waals surface area contributed by atoms with Crippen LogP contribution in [-0.4, -0.2) is 14.9 Å². The molecule has 6 heteroatoms. The highest BCUT2D eigenvalue weighted by molar-refractivity contribution is 14.1. The van der Waals surface area contributed by atoms with Gasteiger partial charge < -0.3 is 5.11 Å². The highest BCUT2D eigenvalue weighted by Gasteiger charge is 2.18. The van der Waals surface area contributed by atoms with Gasteiger partial charge in [-0.25, -0.2) is 0 Å². The smallest absolute Gasteiger partial charge is 0.0854 e. The Morgan fingerprint density at radius 1 is 1.61 bits per heavy atom. The van der Waals surface area contributed by atoms with E-state index in [1.807, 2.05) is 23.1 Å². The summed E-state index contributed by atoms with van der Waals surface area (Å²) >= 11 is 7.48. The molecule has 0 aliphatic carbocycles. The van der Waals surface area contributed by atoms with Crippen LogP contribution >= 0.6 is 49.9 Å². The molecule has 1 atom stereocenters. The molecule has 0 saturated carbocycles. The van der Waals surface area contributed by atoms with Crippen molar-refractivity contribution in [2.45, 2.75) is 32.9 Å². The lowest BCUT2D eigenvalue weighted by atomic mass is 10.1. The maximum atomic E-state index is 10.3. The second-order valence-corrected chi connectivity index (χ2v) is 7.66. The molecule has 0 saturated heterocycles. The molecule has 0 spiro atoms.